The number of phosphoric ester groups is 1. The highest BCUT2D eigenvalue weighted by Crippen LogP contribution is 2.51. The molecule has 0 aromatic carbocycles. The second kappa shape index (κ2) is 9.55. The van der Waals surface area contributed by atoms with Crippen molar-refractivity contribution in [1.82, 2.24) is 0 Å². The van der Waals surface area contributed by atoms with E-state index in [1.165, 1.54) is 0 Å². The molecule has 4 nitrogen and oxygen atoms in total. The predicted molar refractivity (Wildman–Crippen MR) is 72.1 cm³/mol. The number of hydrogen-bond donors (Lipinski definition) is 1. The lowest BCUT2D eigenvalue weighted by Gasteiger charge is -2.30. The third-order valence-corrected chi connectivity index (χ3v) is 4.66. The first-order valence-corrected chi connectivity index (χ1v) is 9.17. The van der Waals surface area contributed by atoms with Gasteiger partial charge in [-0.2, -0.15) is 52.7 Å². The van der Waals surface area contributed by atoms with Gasteiger partial charge >= 0.3 is 32.5 Å². The van der Waals surface area contributed by atoms with Gasteiger partial charge < -0.3 is 4.89 Å². The zero-order chi connectivity index (χ0) is 25.2. The summed E-state index contributed by atoms with van der Waals surface area (Å²) in [6, 6.07) is 0. The fraction of sp³-hybridized carbons (Fsp3) is 1.00. The van der Waals surface area contributed by atoms with Crippen molar-refractivity contribution < 1.29 is 80.0 Å². The molecule has 0 bridgehead atoms. The molecule has 0 unspecified atom stereocenters. The van der Waals surface area contributed by atoms with Crippen molar-refractivity contribution in [3.63, 3.8) is 0 Å². The highest BCUT2D eigenvalue weighted by atomic mass is 31.2. The zero-order valence-corrected chi connectivity index (χ0v) is 15.5. The van der Waals surface area contributed by atoms with E-state index in [1.54, 1.807) is 0 Å². The van der Waals surface area contributed by atoms with Crippen molar-refractivity contribution in [2.75, 3.05) is 13.2 Å². The molecular formula is C12H13F14O4P. The summed E-state index contributed by atoms with van der Waals surface area (Å²) in [6.07, 6.45) is -33.0. The number of alkyl halides is 14. The molecule has 0 fully saturated rings. The highest BCUT2D eigenvalue weighted by Gasteiger charge is 2.72. The van der Waals surface area contributed by atoms with E-state index in [2.05, 4.69) is 9.05 Å². The normalized spacial score (nSPS) is 15.5. The van der Waals surface area contributed by atoms with Crippen LogP contribution in [0.2, 0.25) is 0 Å². The molecule has 0 aromatic rings. The lowest BCUT2D eigenvalue weighted by Crippen LogP contribution is -2.53. The van der Waals surface area contributed by atoms with Crippen LogP contribution in [0.25, 0.3) is 0 Å². The summed E-state index contributed by atoms with van der Waals surface area (Å²) < 4.78 is 193. The molecule has 0 radical (unpaired) electrons. The number of hydrogen-bond acceptors (Lipinski definition) is 3. The zero-order valence-electron chi connectivity index (χ0n) is 14.7. The summed E-state index contributed by atoms with van der Waals surface area (Å²) in [6.45, 7) is -2.88. The van der Waals surface area contributed by atoms with E-state index in [0.717, 1.165) is 0 Å². The van der Waals surface area contributed by atoms with Gasteiger partial charge in [-0.15, -0.1) is 0 Å². The van der Waals surface area contributed by atoms with Crippen molar-refractivity contribution >= 4 is 7.82 Å². The van der Waals surface area contributed by atoms with Gasteiger partial charge in [-0.25, -0.2) is 13.3 Å². The SMILES string of the molecule is O=P(O)(OCCCC(F)(C(F)(F)F)C(F)(F)F)OCCCC(F)(C(F)(F)F)C(F)(F)F. The third kappa shape index (κ3) is 7.60. The van der Waals surface area contributed by atoms with E-state index in [1.807, 2.05) is 0 Å². The quantitative estimate of drug-likeness (QED) is 0.208. The molecule has 0 atom stereocenters. The lowest BCUT2D eigenvalue weighted by atomic mass is 9.98. The molecular weight excluding hydrogens is 505 g/mol. The average molecular weight is 518 g/mol. The van der Waals surface area contributed by atoms with Crippen LogP contribution < -0.4 is 0 Å². The molecule has 19 heteroatoms. The second-order valence-corrected chi connectivity index (χ2v) is 7.39. The predicted octanol–water partition coefficient (Wildman–Crippen LogP) is 6.35. The van der Waals surface area contributed by atoms with Crippen LogP contribution >= 0.6 is 7.82 Å². The molecule has 31 heavy (non-hydrogen) atoms. The fourth-order valence-electron chi connectivity index (χ4n) is 1.92. The van der Waals surface area contributed by atoms with Gasteiger partial charge in [-0.1, -0.05) is 0 Å². The number of halogens is 14. The van der Waals surface area contributed by atoms with Crippen molar-refractivity contribution in [3.05, 3.63) is 0 Å². The Bertz CT molecular complexity index is 545. The van der Waals surface area contributed by atoms with Gasteiger partial charge in [0.25, 0.3) is 11.3 Å². The maximum Gasteiger partial charge on any atom is 0.472 e. The minimum absolute atomic E-state index is 1.44. The van der Waals surface area contributed by atoms with Gasteiger partial charge in [0.05, 0.1) is 13.2 Å². The topological polar surface area (TPSA) is 55.8 Å². The molecule has 0 amide bonds. The van der Waals surface area contributed by atoms with E-state index in [4.69, 9.17) is 4.89 Å². The molecule has 0 rings (SSSR count). The summed E-state index contributed by atoms with van der Waals surface area (Å²) in [5.41, 5.74) is -11.4. The van der Waals surface area contributed by atoms with Crippen LogP contribution in [0.1, 0.15) is 25.7 Å². The minimum Gasteiger partial charge on any atom is -0.302 e. The Morgan fingerprint density at radius 1 is 0.548 bits per heavy atom. The van der Waals surface area contributed by atoms with E-state index >= 15 is 0 Å². The standard InChI is InChI=1S/C12H13F14O4P/c13-7(9(15,16)17,10(18,19)20)3-1-5-29-31(27,28)30-6-2-4-8(14,11(21,22)23)12(24,25)26/h1-6H2,(H,27,28). The van der Waals surface area contributed by atoms with E-state index in [0.29, 0.717) is 0 Å². The largest absolute Gasteiger partial charge is 0.472 e. The molecule has 0 heterocycles. The summed E-state index contributed by atoms with van der Waals surface area (Å²) in [7, 11) is -5.39. The van der Waals surface area contributed by atoms with Crippen LogP contribution in [0.4, 0.5) is 61.5 Å². The number of phosphoric acid groups is 1. The second-order valence-electron chi connectivity index (χ2n) is 5.94. The smallest absolute Gasteiger partial charge is 0.302 e. The summed E-state index contributed by atoms with van der Waals surface area (Å²) in [5.74, 6) is 0. The van der Waals surface area contributed by atoms with Crippen molar-refractivity contribution in [2.24, 2.45) is 0 Å². The fourth-order valence-corrected chi connectivity index (χ4v) is 2.71. The average Bonchev–Trinajstić information content (AvgIpc) is 2.50. The first-order chi connectivity index (χ1) is 13.4. The van der Waals surface area contributed by atoms with Crippen LogP contribution in [0.15, 0.2) is 0 Å². The molecule has 0 aromatic heterocycles. The van der Waals surface area contributed by atoms with E-state index in [-0.39, 0.29) is 0 Å². The molecule has 1 N–H and O–H groups in total. The Labute approximate surface area is 164 Å². The van der Waals surface area contributed by atoms with Crippen molar-refractivity contribution in [1.29, 1.82) is 0 Å². The van der Waals surface area contributed by atoms with Crippen LogP contribution in [-0.2, 0) is 13.6 Å². The first-order valence-electron chi connectivity index (χ1n) is 7.68. The number of rotatable bonds is 10. The minimum atomic E-state index is -6.39. The van der Waals surface area contributed by atoms with Crippen LogP contribution in [0.5, 0.6) is 0 Å². The lowest BCUT2D eigenvalue weighted by molar-refractivity contribution is -0.344. The molecule has 0 saturated carbocycles. The Morgan fingerprint density at radius 3 is 0.968 bits per heavy atom. The van der Waals surface area contributed by atoms with E-state index in [9.17, 15) is 66.0 Å². The Kier molecular flexibility index (Phi) is 9.28. The molecule has 0 aliphatic carbocycles. The summed E-state index contributed by atoms with van der Waals surface area (Å²) in [5, 5.41) is 0. The monoisotopic (exact) mass is 518 g/mol. The summed E-state index contributed by atoms with van der Waals surface area (Å²) in [4.78, 5) is 9.05. The Morgan fingerprint density at radius 2 is 0.774 bits per heavy atom. The van der Waals surface area contributed by atoms with E-state index < -0.39 is 82.8 Å². The maximum absolute atomic E-state index is 13.3. The van der Waals surface area contributed by atoms with Gasteiger partial charge in [-0.3, -0.25) is 9.05 Å². The van der Waals surface area contributed by atoms with Gasteiger partial charge in [0.15, 0.2) is 0 Å². The van der Waals surface area contributed by atoms with Crippen LogP contribution in [-0.4, -0.2) is 54.1 Å². The van der Waals surface area contributed by atoms with Gasteiger partial charge in [0, 0.05) is 12.8 Å². The molecule has 188 valence electrons. The Balaban J connectivity index is 4.71. The first kappa shape index (κ1) is 30.1. The van der Waals surface area contributed by atoms with Gasteiger partial charge in [0.1, 0.15) is 0 Å². The van der Waals surface area contributed by atoms with Crippen LogP contribution in [0, 0.1) is 0 Å². The van der Waals surface area contributed by atoms with Crippen molar-refractivity contribution in [3.8, 4) is 0 Å². The summed E-state index contributed by atoms with van der Waals surface area (Å²) >= 11 is 0. The van der Waals surface area contributed by atoms with Crippen molar-refractivity contribution in [2.45, 2.75) is 61.7 Å². The molecule has 0 saturated heterocycles. The maximum atomic E-state index is 13.3. The van der Waals surface area contributed by atoms with Crippen LogP contribution in [0.3, 0.4) is 0 Å². The third-order valence-electron chi connectivity index (χ3n) is 3.64. The molecule has 0 aliphatic heterocycles. The van der Waals surface area contributed by atoms with Gasteiger partial charge in [-0.05, 0) is 12.8 Å². The highest BCUT2D eigenvalue weighted by molar-refractivity contribution is 7.47. The Hall–Kier alpha value is -0.870. The van der Waals surface area contributed by atoms with Gasteiger partial charge in [0.2, 0.25) is 0 Å². The molecule has 0 aliphatic rings. The molecule has 0 spiro atoms.